The summed E-state index contributed by atoms with van der Waals surface area (Å²) in [7, 11) is 0. The molecule has 3 N–H and O–H groups in total. The Balaban J connectivity index is 2.11. The molecular formula is C11H21NO. The maximum absolute atomic E-state index is 10.3. The van der Waals surface area contributed by atoms with Crippen molar-refractivity contribution in [2.75, 3.05) is 6.54 Å². The van der Waals surface area contributed by atoms with Gasteiger partial charge in [0.05, 0.1) is 6.10 Å². The molecule has 1 unspecified atom stereocenters. The third-order valence-corrected chi connectivity index (χ3v) is 4.28. The monoisotopic (exact) mass is 183 g/mol. The molecule has 2 aliphatic rings. The van der Waals surface area contributed by atoms with Gasteiger partial charge in [-0.25, -0.2) is 0 Å². The number of rotatable bonds is 3. The van der Waals surface area contributed by atoms with E-state index < -0.39 is 0 Å². The number of nitrogens with two attached hydrogens (primary N) is 1. The molecule has 0 heterocycles. The largest absolute Gasteiger partial charge is 0.392 e. The minimum atomic E-state index is -0.146. The van der Waals surface area contributed by atoms with Gasteiger partial charge in [-0.05, 0) is 31.1 Å². The Morgan fingerprint density at radius 3 is 2.15 bits per heavy atom. The Morgan fingerprint density at radius 1 is 1.23 bits per heavy atom. The first-order valence-electron chi connectivity index (χ1n) is 5.51. The lowest BCUT2D eigenvalue weighted by atomic mass is 9.74. The summed E-state index contributed by atoms with van der Waals surface area (Å²) in [5.41, 5.74) is 6.12. The lowest BCUT2D eigenvalue weighted by molar-refractivity contribution is -0.0165. The fourth-order valence-electron chi connectivity index (χ4n) is 2.88. The minimum absolute atomic E-state index is 0.0747. The highest BCUT2D eigenvalue weighted by atomic mass is 16.3. The molecule has 0 aromatic carbocycles. The van der Waals surface area contributed by atoms with Crippen molar-refractivity contribution in [1.82, 2.24) is 0 Å². The number of aliphatic hydroxyl groups is 1. The SMILES string of the molecule is CC1(C(O)C2(CN)CCCC2)CC1. The topological polar surface area (TPSA) is 46.2 Å². The summed E-state index contributed by atoms with van der Waals surface area (Å²) >= 11 is 0. The number of aliphatic hydroxyl groups excluding tert-OH is 1. The predicted octanol–water partition coefficient (Wildman–Crippen LogP) is 1.67. The second-order valence-electron chi connectivity index (χ2n) is 5.33. The molecule has 2 saturated carbocycles. The van der Waals surface area contributed by atoms with Gasteiger partial charge in [-0.15, -0.1) is 0 Å². The van der Waals surface area contributed by atoms with Gasteiger partial charge >= 0.3 is 0 Å². The quantitative estimate of drug-likeness (QED) is 0.699. The lowest BCUT2D eigenvalue weighted by Crippen LogP contribution is -2.44. The Kier molecular flexibility index (Phi) is 2.16. The van der Waals surface area contributed by atoms with Gasteiger partial charge < -0.3 is 10.8 Å². The first-order chi connectivity index (χ1) is 6.13. The van der Waals surface area contributed by atoms with Crippen LogP contribution in [-0.4, -0.2) is 17.8 Å². The van der Waals surface area contributed by atoms with Gasteiger partial charge in [-0.3, -0.25) is 0 Å². The maximum Gasteiger partial charge on any atom is 0.0661 e. The van der Waals surface area contributed by atoms with Crippen LogP contribution in [0.2, 0.25) is 0 Å². The summed E-state index contributed by atoms with van der Waals surface area (Å²) in [4.78, 5) is 0. The second-order valence-corrected chi connectivity index (χ2v) is 5.33. The zero-order valence-corrected chi connectivity index (χ0v) is 8.55. The van der Waals surface area contributed by atoms with Gasteiger partial charge in [0.25, 0.3) is 0 Å². The van der Waals surface area contributed by atoms with E-state index in [9.17, 15) is 5.11 Å². The molecule has 0 aliphatic heterocycles. The van der Waals surface area contributed by atoms with E-state index in [0.717, 1.165) is 12.8 Å². The smallest absolute Gasteiger partial charge is 0.0661 e. The van der Waals surface area contributed by atoms with E-state index in [-0.39, 0.29) is 16.9 Å². The fraction of sp³-hybridized carbons (Fsp3) is 1.00. The highest BCUT2D eigenvalue weighted by Gasteiger charge is 2.53. The van der Waals surface area contributed by atoms with E-state index in [0.29, 0.717) is 6.54 Å². The molecular weight excluding hydrogens is 162 g/mol. The third kappa shape index (κ3) is 1.40. The Hall–Kier alpha value is -0.0800. The molecule has 0 amide bonds. The van der Waals surface area contributed by atoms with Crippen LogP contribution in [0.5, 0.6) is 0 Å². The van der Waals surface area contributed by atoms with Crippen molar-refractivity contribution < 1.29 is 5.11 Å². The summed E-state index contributed by atoms with van der Waals surface area (Å²) < 4.78 is 0. The van der Waals surface area contributed by atoms with E-state index in [1.165, 1.54) is 25.7 Å². The molecule has 2 rings (SSSR count). The van der Waals surface area contributed by atoms with Gasteiger partial charge in [-0.1, -0.05) is 19.8 Å². The van der Waals surface area contributed by atoms with Gasteiger partial charge in [0, 0.05) is 12.0 Å². The van der Waals surface area contributed by atoms with E-state index in [4.69, 9.17) is 5.73 Å². The van der Waals surface area contributed by atoms with Crippen molar-refractivity contribution in [2.24, 2.45) is 16.6 Å². The molecule has 0 saturated heterocycles. The Bertz CT molecular complexity index is 192. The molecule has 76 valence electrons. The van der Waals surface area contributed by atoms with Crippen LogP contribution in [0.3, 0.4) is 0 Å². The average molecular weight is 183 g/mol. The minimum Gasteiger partial charge on any atom is -0.392 e. The molecule has 2 nitrogen and oxygen atoms in total. The zero-order valence-electron chi connectivity index (χ0n) is 8.55. The normalized spacial score (nSPS) is 31.6. The molecule has 13 heavy (non-hydrogen) atoms. The summed E-state index contributed by atoms with van der Waals surface area (Å²) in [5, 5.41) is 10.3. The number of hydrogen-bond acceptors (Lipinski definition) is 2. The lowest BCUT2D eigenvalue weighted by Gasteiger charge is -2.37. The molecule has 0 bridgehead atoms. The standard InChI is InChI=1S/C11H21NO/c1-10(6-7-10)9(13)11(8-12)4-2-3-5-11/h9,13H,2-8,12H2,1H3. The first-order valence-corrected chi connectivity index (χ1v) is 5.51. The van der Waals surface area contributed by atoms with Crippen LogP contribution < -0.4 is 5.73 Å². The van der Waals surface area contributed by atoms with Crippen molar-refractivity contribution in [3.8, 4) is 0 Å². The average Bonchev–Trinajstić information content (AvgIpc) is 2.71. The van der Waals surface area contributed by atoms with Crippen LogP contribution in [0.25, 0.3) is 0 Å². The predicted molar refractivity (Wildman–Crippen MR) is 53.3 cm³/mol. The molecule has 2 fully saturated rings. The van der Waals surface area contributed by atoms with Gasteiger partial charge in [0.1, 0.15) is 0 Å². The van der Waals surface area contributed by atoms with Crippen molar-refractivity contribution >= 4 is 0 Å². The van der Waals surface area contributed by atoms with E-state index >= 15 is 0 Å². The Morgan fingerprint density at radius 2 is 1.77 bits per heavy atom. The maximum atomic E-state index is 10.3. The van der Waals surface area contributed by atoms with Crippen LogP contribution in [0.1, 0.15) is 45.4 Å². The van der Waals surface area contributed by atoms with Crippen LogP contribution in [0, 0.1) is 10.8 Å². The zero-order chi connectivity index (χ0) is 9.53. The van der Waals surface area contributed by atoms with Crippen LogP contribution in [-0.2, 0) is 0 Å². The first kappa shape index (κ1) is 9.47. The van der Waals surface area contributed by atoms with Crippen molar-refractivity contribution in [3.05, 3.63) is 0 Å². The van der Waals surface area contributed by atoms with Gasteiger partial charge in [0.15, 0.2) is 0 Å². The van der Waals surface area contributed by atoms with Crippen molar-refractivity contribution in [1.29, 1.82) is 0 Å². The highest BCUT2D eigenvalue weighted by molar-refractivity contribution is 5.05. The number of hydrogen-bond donors (Lipinski definition) is 2. The molecule has 1 atom stereocenters. The molecule has 0 aromatic rings. The van der Waals surface area contributed by atoms with Gasteiger partial charge in [0.2, 0.25) is 0 Å². The summed E-state index contributed by atoms with van der Waals surface area (Å²) in [5.74, 6) is 0. The molecule has 2 aliphatic carbocycles. The Labute approximate surface area is 80.5 Å². The van der Waals surface area contributed by atoms with Crippen LogP contribution in [0.4, 0.5) is 0 Å². The van der Waals surface area contributed by atoms with E-state index in [1.807, 2.05) is 0 Å². The fourth-order valence-corrected chi connectivity index (χ4v) is 2.88. The third-order valence-electron chi connectivity index (χ3n) is 4.28. The van der Waals surface area contributed by atoms with Crippen LogP contribution >= 0.6 is 0 Å². The van der Waals surface area contributed by atoms with Gasteiger partial charge in [-0.2, -0.15) is 0 Å². The molecule has 0 radical (unpaired) electrons. The van der Waals surface area contributed by atoms with Crippen LogP contribution in [0.15, 0.2) is 0 Å². The summed E-state index contributed by atoms with van der Waals surface area (Å²) in [6.07, 6.45) is 7.02. The molecule has 2 heteroatoms. The van der Waals surface area contributed by atoms with Crippen molar-refractivity contribution in [2.45, 2.75) is 51.6 Å². The summed E-state index contributed by atoms with van der Waals surface area (Å²) in [6.45, 7) is 2.87. The summed E-state index contributed by atoms with van der Waals surface area (Å²) in [6, 6.07) is 0. The highest BCUT2D eigenvalue weighted by Crippen LogP contribution is 2.56. The second kappa shape index (κ2) is 2.96. The molecule has 0 spiro atoms. The van der Waals surface area contributed by atoms with E-state index in [2.05, 4.69) is 6.92 Å². The molecule has 0 aromatic heterocycles. The van der Waals surface area contributed by atoms with Crippen molar-refractivity contribution in [3.63, 3.8) is 0 Å². The van der Waals surface area contributed by atoms with E-state index in [1.54, 1.807) is 0 Å².